The van der Waals surface area contributed by atoms with Crippen molar-refractivity contribution in [3.05, 3.63) is 0 Å². The van der Waals surface area contributed by atoms with E-state index in [0.29, 0.717) is 5.75 Å². The SMILES string of the molecule is COC(=O)NC(CSC)C(=O)C(C)C. The second-order valence-electron chi connectivity index (χ2n) is 3.20. The van der Waals surface area contributed by atoms with Crippen molar-refractivity contribution >= 4 is 23.6 Å². The molecule has 5 heteroatoms. The van der Waals surface area contributed by atoms with Gasteiger partial charge in [0.05, 0.1) is 7.11 Å². The lowest BCUT2D eigenvalue weighted by Crippen LogP contribution is -2.44. The van der Waals surface area contributed by atoms with Gasteiger partial charge in [-0.15, -0.1) is 0 Å². The van der Waals surface area contributed by atoms with Crippen molar-refractivity contribution in [2.45, 2.75) is 19.9 Å². The number of ketones is 1. The minimum absolute atomic E-state index is 0.0322. The number of nitrogens with one attached hydrogen (secondary N) is 1. The number of hydrogen-bond acceptors (Lipinski definition) is 4. The largest absolute Gasteiger partial charge is 0.453 e. The molecule has 0 saturated heterocycles. The number of ether oxygens (including phenoxy) is 1. The molecule has 82 valence electrons. The van der Waals surface area contributed by atoms with Crippen LogP contribution >= 0.6 is 11.8 Å². The lowest BCUT2D eigenvalue weighted by molar-refractivity contribution is -0.123. The normalized spacial score (nSPS) is 12.4. The Bertz CT molecular complexity index is 206. The number of rotatable bonds is 5. The van der Waals surface area contributed by atoms with E-state index in [0.717, 1.165) is 0 Å². The average molecular weight is 219 g/mol. The van der Waals surface area contributed by atoms with Crippen LogP contribution in [0.5, 0.6) is 0 Å². The Hall–Kier alpha value is -0.710. The Labute approximate surface area is 88.8 Å². The monoisotopic (exact) mass is 219 g/mol. The minimum atomic E-state index is -0.557. The van der Waals surface area contributed by atoms with Crippen molar-refractivity contribution in [3.63, 3.8) is 0 Å². The van der Waals surface area contributed by atoms with Crippen LogP contribution < -0.4 is 5.32 Å². The summed E-state index contributed by atoms with van der Waals surface area (Å²) in [5.41, 5.74) is 0. The van der Waals surface area contributed by atoms with E-state index >= 15 is 0 Å². The summed E-state index contributed by atoms with van der Waals surface area (Å²) in [6.45, 7) is 3.63. The van der Waals surface area contributed by atoms with E-state index in [9.17, 15) is 9.59 Å². The van der Waals surface area contributed by atoms with Crippen molar-refractivity contribution in [2.75, 3.05) is 19.1 Å². The van der Waals surface area contributed by atoms with Crippen molar-refractivity contribution in [1.82, 2.24) is 5.32 Å². The summed E-state index contributed by atoms with van der Waals surface area (Å²) in [6, 6.07) is -0.447. The van der Waals surface area contributed by atoms with Gasteiger partial charge in [0.1, 0.15) is 6.04 Å². The molecule has 0 aromatic heterocycles. The summed E-state index contributed by atoms with van der Waals surface area (Å²) >= 11 is 1.52. The Morgan fingerprint density at radius 2 is 2.00 bits per heavy atom. The first kappa shape index (κ1) is 13.3. The molecule has 0 aliphatic heterocycles. The van der Waals surface area contributed by atoms with Crippen LogP contribution in [0.2, 0.25) is 0 Å². The second kappa shape index (κ2) is 6.70. The zero-order valence-corrected chi connectivity index (χ0v) is 9.81. The summed E-state index contributed by atoms with van der Waals surface area (Å²) in [4.78, 5) is 22.5. The zero-order chi connectivity index (χ0) is 11.1. The number of carbonyl (C=O) groups is 2. The predicted octanol–water partition coefficient (Wildman–Crippen LogP) is 1.30. The fourth-order valence-corrected chi connectivity index (χ4v) is 1.55. The third-order valence-electron chi connectivity index (χ3n) is 1.72. The van der Waals surface area contributed by atoms with Crippen molar-refractivity contribution in [3.8, 4) is 0 Å². The molecule has 1 amide bonds. The van der Waals surface area contributed by atoms with Gasteiger partial charge in [0, 0.05) is 11.7 Å². The third-order valence-corrected chi connectivity index (χ3v) is 2.39. The summed E-state index contributed by atoms with van der Waals surface area (Å²) < 4.78 is 4.45. The summed E-state index contributed by atoms with van der Waals surface area (Å²) in [5, 5.41) is 2.52. The first-order valence-corrected chi connectivity index (χ1v) is 5.79. The molecule has 1 atom stereocenters. The molecule has 0 aliphatic carbocycles. The number of alkyl carbamates (subject to hydrolysis) is 1. The summed E-state index contributed by atoms with van der Waals surface area (Å²) in [7, 11) is 1.28. The average Bonchev–Trinajstić information content (AvgIpc) is 2.15. The Kier molecular flexibility index (Phi) is 6.36. The van der Waals surface area contributed by atoms with Crippen LogP contribution in [-0.2, 0) is 9.53 Å². The first-order chi connectivity index (χ1) is 6.52. The molecule has 0 fully saturated rings. The quantitative estimate of drug-likeness (QED) is 0.757. The lowest BCUT2D eigenvalue weighted by Gasteiger charge is -2.17. The van der Waals surface area contributed by atoms with Gasteiger partial charge >= 0.3 is 6.09 Å². The Morgan fingerprint density at radius 3 is 2.36 bits per heavy atom. The van der Waals surface area contributed by atoms with E-state index in [2.05, 4.69) is 10.1 Å². The summed E-state index contributed by atoms with van der Waals surface area (Å²) in [5.74, 6) is 0.528. The summed E-state index contributed by atoms with van der Waals surface area (Å²) in [6.07, 6.45) is 1.33. The van der Waals surface area contributed by atoms with Crippen LogP contribution in [0, 0.1) is 5.92 Å². The number of Topliss-reactive ketones (excluding diaryl/α,β-unsaturated/α-hetero) is 1. The molecule has 0 spiro atoms. The van der Waals surface area contributed by atoms with Gasteiger partial charge in [-0.1, -0.05) is 13.8 Å². The molecule has 1 unspecified atom stereocenters. The van der Waals surface area contributed by atoms with Crippen LogP contribution in [0.1, 0.15) is 13.8 Å². The standard InChI is InChI=1S/C9H17NO3S/c1-6(2)8(11)7(5-14-4)10-9(12)13-3/h6-7H,5H2,1-4H3,(H,10,12). The maximum Gasteiger partial charge on any atom is 0.407 e. The fourth-order valence-electron chi connectivity index (χ4n) is 0.965. The van der Waals surface area contributed by atoms with Gasteiger partial charge in [-0.05, 0) is 6.26 Å². The highest BCUT2D eigenvalue weighted by Crippen LogP contribution is 2.05. The molecule has 0 aromatic rings. The molecule has 0 aromatic carbocycles. The molecule has 0 aliphatic rings. The van der Waals surface area contributed by atoms with Gasteiger partial charge in [-0.2, -0.15) is 11.8 Å². The van der Waals surface area contributed by atoms with Crippen molar-refractivity contribution < 1.29 is 14.3 Å². The smallest absolute Gasteiger partial charge is 0.407 e. The van der Waals surface area contributed by atoms with Crippen LogP contribution in [0.4, 0.5) is 4.79 Å². The van der Waals surface area contributed by atoms with Crippen molar-refractivity contribution in [2.24, 2.45) is 5.92 Å². The van der Waals surface area contributed by atoms with Gasteiger partial charge in [-0.25, -0.2) is 4.79 Å². The van der Waals surface area contributed by atoms with Crippen LogP contribution in [-0.4, -0.2) is 37.0 Å². The van der Waals surface area contributed by atoms with Crippen LogP contribution in [0.25, 0.3) is 0 Å². The van der Waals surface area contributed by atoms with Crippen LogP contribution in [0.3, 0.4) is 0 Å². The highest BCUT2D eigenvalue weighted by atomic mass is 32.2. The molecule has 4 nitrogen and oxygen atoms in total. The molecule has 0 rings (SSSR count). The lowest BCUT2D eigenvalue weighted by atomic mass is 10.0. The highest BCUT2D eigenvalue weighted by Gasteiger charge is 2.22. The molecule has 0 bridgehead atoms. The Morgan fingerprint density at radius 1 is 1.43 bits per heavy atom. The number of carbonyl (C=O) groups excluding carboxylic acids is 2. The minimum Gasteiger partial charge on any atom is -0.453 e. The molecule has 14 heavy (non-hydrogen) atoms. The molecular formula is C9H17NO3S. The van der Waals surface area contributed by atoms with Gasteiger partial charge in [0.2, 0.25) is 0 Å². The highest BCUT2D eigenvalue weighted by molar-refractivity contribution is 7.98. The number of methoxy groups -OCH3 is 1. The maximum atomic E-state index is 11.6. The van der Waals surface area contributed by atoms with Gasteiger partial charge in [-0.3, -0.25) is 4.79 Å². The first-order valence-electron chi connectivity index (χ1n) is 4.40. The van der Waals surface area contributed by atoms with Gasteiger partial charge < -0.3 is 10.1 Å². The molecule has 0 heterocycles. The molecule has 1 N–H and O–H groups in total. The van der Waals surface area contributed by atoms with Gasteiger partial charge in [0.15, 0.2) is 5.78 Å². The van der Waals surface area contributed by atoms with E-state index in [1.54, 1.807) is 0 Å². The zero-order valence-electron chi connectivity index (χ0n) is 8.99. The van der Waals surface area contributed by atoms with Crippen molar-refractivity contribution in [1.29, 1.82) is 0 Å². The fraction of sp³-hybridized carbons (Fsp3) is 0.778. The number of thioether (sulfide) groups is 1. The van der Waals surface area contributed by atoms with Gasteiger partial charge in [0.25, 0.3) is 0 Å². The molecular weight excluding hydrogens is 202 g/mol. The van der Waals surface area contributed by atoms with E-state index in [-0.39, 0.29) is 11.7 Å². The number of hydrogen-bond donors (Lipinski definition) is 1. The topological polar surface area (TPSA) is 55.4 Å². The predicted molar refractivity (Wildman–Crippen MR) is 57.6 cm³/mol. The molecule has 0 saturated carbocycles. The number of amides is 1. The maximum absolute atomic E-state index is 11.6. The third kappa shape index (κ3) is 4.50. The van der Waals surface area contributed by atoms with E-state index < -0.39 is 12.1 Å². The van der Waals surface area contributed by atoms with E-state index in [1.165, 1.54) is 18.9 Å². The van der Waals surface area contributed by atoms with E-state index in [4.69, 9.17) is 0 Å². The Balaban J connectivity index is 4.28. The van der Waals surface area contributed by atoms with Crippen LogP contribution in [0.15, 0.2) is 0 Å². The second-order valence-corrected chi connectivity index (χ2v) is 4.11. The van der Waals surface area contributed by atoms with E-state index in [1.807, 2.05) is 20.1 Å². The molecule has 0 radical (unpaired) electrons.